The molecular formula is C11H14O3. The van der Waals surface area contributed by atoms with Gasteiger partial charge in [0.25, 0.3) is 0 Å². The molecule has 0 fully saturated rings. The van der Waals surface area contributed by atoms with Crippen molar-refractivity contribution in [1.29, 1.82) is 0 Å². The van der Waals surface area contributed by atoms with Gasteiger partial charge in [0.15, 0.2) is 11.5 Å². The van der Waals surface area contributed by atoms with Gasteiger partial charge in [0.2, 0.25) is 11.5 Å². The van der Waals surface area contributed by atoms with Gasteiger partial charge in [-0.25, -0.2) is 0 Å². The monoisotopic (exact) mass is 194 g/mol. The van der Waals surface area contributed by atoms with Gasteiger partial charge in [-0.3, -0.25) is 0 Å². The van der Waals surface area contributed by atoms with Gasteiger partial charge >= 0.3 is 0 Å². The Labute approximate surface area is 83.0 Å². The standard InChI is InChI=1S/C11H14O3/c1-2-3-4-5-7-6-8(12)11-9(13)10(7)14-11/h6,12-13H,2-5H2,1H3. The Balaban J connectivity index is 2.12. The molecular weight excluding hydrogens is 180 g/mol. The molecule has 0 saturated heterocycles. The molecule has 2 heterocycles. The largest absolute Gasteiger partial charge is 0.504 e. The summed E-state index contributed by atoms with van der Waals surface area (Å²) in [5.41, 5.74) is 0.906. The van der Waals surface area contributed by atoms with Gasteiger partial charge in [0.1, 0.15) is 0 Å². The van der Waals surface area contributed by atoms with E-state index in [1.165, 1.54) is 0 Å². The highest BCUT2D eigenvalue weighted by atomic mass is 16.5. The number of fused-ring (bicyclic) bond motifs is 2. The van der Waals surface area contributed by atoms with Crippen LogP contribution in [0.5, 0.6) is 23.0 Å². The number of aromatic hydroxyl groups is 2. The molecule has 0 atom stereocenters. The number of rotatable bonds is 4. The van der Waals surface area contributed by atoms with E-state index in [2.05, 4.69) is 6.92 Å². The molecule has 0 unspecified atom stereocenters. The highest BCUT2D eigenvalue weighted by Crippen LogP contribution is 2.56. The molecule has 1 aromatic carbocycles. The molecule has 0 aliphatic carbocycles. The number of ether oxygens (including phenoxy) is 1. The molecule has 0 spiro atoms. The van der Waals surface area contributed by atoms with Crippen molar-refractivity contribution in [1.82, 2.24) is 0 Å². The van der Waals surface area contributed by atoms with E-state index in [1.807, 2.05) is 0 Å². The van der Waals surface area contributed by atoms with Crippen molar-refractivity contribution in [3.8, 4) is 23.0 Å². The summed E-state index contributed by atoms with van der Waals surface area (Å²) in [6, 6.07) is 1.68. The normalized spacial score (nSPS) is 12.1. The van der Waals surface area contributed by atoms with Crippen LogP contribution in [0.25, 0.3) is 0 Å². The zero-order valence-electron chi connectivity index (χ0n) is 8.21. The first-order chi connectivity index (χ1) is 6.74. The third-order valence-electron chi connectivity index (χ3n) is 2.52. The molecule has 0 saturated carbocycles. The molecule has 3 nitrogen and oxygen atoms in total. The number of hydrogen-bond donors (Lipinski definition) is 2. The Bertz CT molecular complexity index is 351. The van der Waals surface area contributed by atoms with E-state index in [1.54, 1.807) is 6.07 Å². The molecule has 3 heteroatoms. The number of aryl methyl sites for hydroxylation is 1. The SMILES string of the molecule is CCCCCc1cc(O)c2c(O)c1O2. The third kappa shape index (κ3) is 1.29. The van der Waals surface area contributed by atoms with E-state index in [0.29, 0.717) is 5.75 Å². The van der Waals surface area contributed by atoms with Gasteiger partial charge in [-0.05, 0) is 18.9 Å². The molecule has 2 aliphatic heterocycles. The van der Waals surface area contributed by atoms with Gasteiger partial charge in [-0.1, -0.05) is 19.8 Å². The topological polar surface area (TPSA) is 49.7 Å². The van der Waals surface area contributed by atoms with Gasteiger partial charge in [0, 0.05) is 5.56 Å². The van der Waals surface area contributed by atoms with E-state index in [9.17, 15) is 10.2 Å². The second-order valence-corrected chi connectivity index (χ2v) is 3.62. The molecule has 2 N–H and O–H groups in total. The Hall–Kier alpha value is -1.38. The second kappa shape index (κ2) is 3.40. The van der Waals surface area contributed by atoms with Crippen molar-refractivity contribution in [3.05, 3.63) is 11.6 Å². The lowest BCUT2D eigenvalue weighted by atomic mass is 10.0. The quantitative estimate of drug-likeness (QED) is 0.736. The van der Waals surface area contributed by atoms with Crippen LogP contribution in [0.4, 0.5) is 0 Å². The van der Waals surface area contributed by atoms with Crippen LogP contribution in [-0.2, 0) is 6.42 Å². The van der Waals surface area contributed by atoms with Crippen LogP contribution in [0.1, 0.15) is 31.7 Å². The van der Waals surface area contributed by atoms with Crippen LogP contribution in [0.15, 0.2) is 6.07 Å². The van der Waals surface area contributed by atoms with Crippen molar-refractivity contribution in [3.63, 3.8) is 0 Å². The van der Waals surface area contributed by atoms with E-state index < -0.39 is 0 Å². The van der Waals surface area contributed by atoms with Crippen molar-refractivity contribution >= 4 is 0 Å². The molecule has 0 amide bonds. The first kappa shape index (κ1) is 9.19. The zero-order valence-corrected chi connectivity index (χ0v) is 8.21. The number of unbranched alkanes of at least 4 members (excludes halogenated alkanes) is 2. The van der Waals surface area contributed by atoms with E-state index in [0.717, 1.165) is 31.2 Å². The lowest BCUT2D eigenvalue weighted by Crippen LogP contribution is -2.02. The van der Waals surface area contributed by atoms with Crippen LogP contribution in [0, 0.1) is 0 Å². The summed E-state index contributed by atoms with van der Waals surface area (Å²) in [7, 11) is 0. The maximum atomic E-state index is 9.42. The van der Waals surface area contributed by atoms with E-state index >= 15 is 0 Å². The van der Waals surface area contributed by atoms with Crippen LogP contribution in [0.2, 0.25) is 0 Å². The van der Waals surface area contributed by atoms with Crippen LogP contribution in [-0.4, -0.2) is 10.2 Å². The maximum absolute atomic E-state index is 9.42. The summed E-state index contributed by atoms with van der Waals surface area (Å²) in [5.74, 6) is 0.925. The Morgan fingerprint density at radius 2 is 2.00 bits per heavy atom. The fraction of sp³-hybridized carbons (Fsp3) is 0.455. The first-order valence-corrected chi connectivity index (χ1v) is 4.99. The Morgan fingerprint density at radius 1 is 1.21 bits per heavy atom. The summed E-state index contributed by atoms with van der Waals surface area (Å²) in [4.78, 5) is 0. The fourth-order valence-electron chi connectivity index (χ4n) is 1.69. The van der Waals surface area contributed by atoms with Crippen LogP contribution < -0.4 is 4.74 Å². The van der Waals surface area contributed by atoms with Crippen molar-refractivity contribution in [2.45, 2.75) is 32.6 Å². The van der Waals surface area contributed by atoms with Gasteiger partial charge in [-0.2, -0.15) is 0 Å². The van der Waals surface area contributed by atoms with Crippen molar-refractivity contribution < 1.29 is 14.9 Å². The summed E-state index contributed by atoms with van der Waals surface area (Å²) in [6.07, 6.45) is 4.23. The molecule has 0 aromatic heterocycles. The second-order valence-electron chi connectivity index (χ2n) is 3.62. The summed E-state index contributed by atoms with van der Waals surface area (Å²) in [5, 5.41) is 18.8. The van der Waals surface area contributed by atoms with Crippen LogP contribution >= 0.6 is 0 Å². The maximum Gasteiger partial charge on any atom is 0.214 e. The fourth-order valence-corrected chi connectivity index (χ4v) is 1.69. The zero-order chi connectivity index (χ0) is 10.1. The Morgan fingerprint density at radius 3 is 2.57 bits per heavy atom. The number of phenols is 2. The summed E-state index contributed by atoms with van der Waals surface area (Å²) >= 11 is 0. The lowest BCUT2D eigenvalue weighted by Gasteiger charge is -2.24. The predicted octanol–water partition coefficient (Wildman–Crippen LogP) is 2.94. The predicted molar refractivity (Wildman–Crippen MR) is 53.1 cm³/mol. The molecule has 76 valence electrons. The minimum atomic E-state index is 0.0454. The minimum absolute atomic E-state index is 0.0454. The van der Waals surface area contributed by atoms with Gasteiger partial charge < -0.3 is 14.9 Å². The van der Waals surface area contributed by atoms with Gasteiger partial charge in [-0.15, -0.1) is 0 Å². The van der Waals surface area contributed by atoms with Crippen LogP contribution in [0.3, 0.4) is 0 Å². The summed E-state index contributed by atoms with van der Waals surface area (Å²) < 4.78 is 5.13. The molecule has 0 radical (unpaired) electrons. The Kier molecular flexibility index (Phi) is 2.23. The van der Waals surface area contributed by atoms with E-state index in [-0.39, 0.29) is 17.2 Å². The van der Waals surface area contributed by atoms with Crippen molar-refractivity contribution in [2.75, 3.05) is 0 Å². The highest BCUT2D eigenvalue weighted by Gasteiger charge is 2.29. The average molecular weight is 194 g/mol. The van der Waals surface area contributed by atoms with Gasteiger partial charge in [0.05, 0.1) is 0 Å². The molecule has 3 rings (SSSR count). The number of phenolic OH excluding ortho intramolecular Hbond substituents is 2. The first-order valence-electron chi connectivity index (χ1n) is 4.99. The minimum Gasteiger partial charge on any atom is -0.504 e. The molecule has 2 aliphatic rings. The number of hydrogen-bond acceptors (Lipinski definition) is 3. The molecule has 14 heavy (non-hydrogen) atoms. The average Bonchev–Trinajstić information content (AvgIpc) is 2.16. The molecule has 1 aromatic rings. The molecule has 2 bridgehead atoms. The lowest BCUT2D eigenvalue weighted by molar-refractivity contribution is 0.307. The van der Waals surface area contributed by atoms with E-state index in [4.69, 9.17) is 4.74 Å². The smallest absolute Gasteiger partial charge is 0.214 e. The van der Waals surface area contributed by atoms with Crippen molar-refractivity contribution in [2.24, 2.45) is 0 Å². The number of benzene rings is 1. The summed E-state index contributed by atoms with van der Waals surface area (Å²) in [6.45, 7) is 2.14. The highest BCUT2D eigenvalue weighted by molar-refractivity contribution is 5.70. The third-order valence-corrected chi connectivity index (χ3v) is 2.52.